The van der Waals surface area contributed by atoms with Gasteiger partial charge in [-0.25, -0.2) is 4.39 Å². The first-order chi connectivity index (χ1) is 8.16. The minimum Gasteiger partial charge on any atom is -0.368 e. The third-order valence-electron chi connectivity index (χ3n) is 2.91. The summed E-state index contributed by atoms with van der Waals surface area (Å²) in [6.07, 6.45) is 1.42. The van der Waals surface area contributed by atoms with E-state index in [4.69, 9.17) is 4.74 Å². The van der Waals surface area contributed by atoms with E-state index >= 15 is 0 Å². The zero-order valence-electron chi connectivity index (χ0n) is 9.83. The second kappa shape index (κ2) is 5.27. The maximum atomic E-state index is 13.0. The second-order valence-corrected chi connectivity index (χ2v) is 4.30. The Labute approximate surface area is 100.0 Å². The van der Waals surface area contributed by atoms with Gasteiger partial charge in [-0.15, -0.1) is 0 Å². The summed E-state index contributed by atoms with van der Waals surface area (Å²) in [6.45, 7) is 2.79. The van der Waals surface area contributed by atoms with Gasteiger partial charge in [0.1, 0.15) is 11.9 Å². The number of hydrogen-bond donors (Lipinski definition) is 1. The van der Waals surface area contributed by atoms with Crippen molar-refractivity contribution in [3.8, 4) is 0 Å². The normalized spacial score (nSPS) is 19.3. The van der Waals surface area contributed by atoms with Crippen LogP contribution in [0.2, 0.25) is 0 Å². The van der Waals surface area contributed by atoms with E-state index in [2.05, 4.69) is 5.32 Å². The van der Waals surface area contributed by atoms with Crippen molar-refractivity contribution in [2.75, 3.05) is 6.61 Å². The molecule has 1 saturated heterocycles. The fourth-order valence-electron chi connectivity index (χ4n) is 1.90. The van der Waals surface area contributed by atoms with Gasteiger partial charge >= 0.3 is 0 Å². The molecule has 17 heavy (non-hydrogen) atoms. The van der Waals surface area contributed by atoms with Crippen LogP contribution >= 0.6 is 0 Å². The van der Waals surface area contributed by atoms with Crippen LogP contribution in [0.1, 0.15) is 24.0 Å². The fraction of sp³-hybridized carbons (Fsp3) is 0.462. The van der Waals surface area contributed by atoms with E-state index in [1.54, 1.807) is 19.1 Å². The monoisotopic (exact) mass is 237 g/mol. The Balaban J connectivity index is 1.88. The van der Waals surface area contributed by atoms with Gasteiger partial charge in [-0.2, -0.15) is 0 Å². The van der Waals surface area contributed by atoms with Gasteiger partial charge in [0.15, 0.2) is 0 Å². The highest BCUT2D eigenvalue weighted by Gasteiger charge is 2.22. The van der Waals surface area contributed by atoms with Crippen molar-refractivity contribution in [2.24, 2.45) is 0 Å². The first-order valence-electron chi connectivity index (χ1n) is 5.81. The van der Waals surface area contributed by atoms with Crippen LogP contribution in [0.3, 0.4) is 0 Å². The zero-order chi connectivity index (χ0) is 12.3. The van der Waals surface area contributed by atoms with E-state index in [1.807, 2.05) is 0 Å². The lowest BCUT2D eigenvalue weighted by molar-refractivity contribution is -0.130. The summed E-state index contributed by atoms with van der Waals surface area (Å²) in [5.41, 5.74) is 1.49. The summed E-state index contributed by atoms with van der Waals surface area (Å²) in [6, 6.07) is 4.84. The number of carbonyl (C=O) groups is 1. The van der Waals surface area contributed by atoms with Gasteiger partial charge in [-0.05, 0) is 37.0 Å². The summed E-state index contributed by atoms with van der Waals surface area (Å²) in [5, 5.41) is 2.80. The van der Waals surface area contributed by atoms with E-state index < -0.39 is 0 Å². The molecular weight excluding hydrogens is 221 g/mol. The average molecular weight is 237 g/mol. The summed E-state index contributed by atoms with van der Waals surface area (Å²) < 4.78 is 18.3. The Morgan fingerprint density at radius 2 is 2.41 bits per heavy atom. The number of carbonyl (C=O) groups excluding carboxylic acids is 1. The maximum absolute atomic E-state index is 13.0. The van der Waals surface area contributed by atoms with Gasteiger partial charge in [0.05, 0.1) is 0 Å². The van der Waals surface area contributed by atoms with Crippen molar-refractivity contribution in [1.29, 1.82) is 0 Å². The second-order valence-electron chi connectivity index (χ2n) is 4.30. The van der Waals surface area contributed by atoms with Crippen LogP contribution < -0.4 is 5.32 Å². The molecule has 2 rings (SSSR count). The van der Waals surface area contributed by atoms with E-state index in [9.17, 15) is 9.18 Å². The third-order valence-corrected chi connectivity index (χ3v) is 2.91. The molecule has 1 aliphatic heterocycles. The summed E-state index contributed by atoms with van der Waals surface area (Å²) in [4.78, 5) is 11.7. The molecule has 0 radical (unpaired) electrons. The van der Waals surface area contributed by atoms with E-state index in [0.717, 1.165) is 18.4 Å². The highest BCUT2D eigenvalue weighted by molar-refractivity contribution is 5.80. The smallest absolute Gasteiger partial charge is 0.249 e. The molecule has 1 unspecified atom stereocenters. The predicted octanol–water partition coefficient (Wildman–Crippen LogP) is 1.93. The van der Waals surface area contributed by atoms with Crippen LogP contribution in [0.15, 0.2) is 18.2 Å². The number of hydrogen-bond acceptors (Lipinski definition) is 2. The van der Waals surface area contributed by atoms with Gasteiger partial charge in [-0.1, -0.05) is 12.1 Å². The fourth-order valence-corrected chi connectivity index (χ4v) is 1.90. The van der Waals surface area contributed by atoms with Gasteiger partial charge in [0, 0.05) is 13.2 Å². The molecule has 1 aromatic carbocycles. The Morgan fingerprint density at radius 1 is 1.59 bits per heavy atom. The predicted molar refractivity (Wildman–Crippen MR) is 62.0 cm³/mol. The van der Waals surface area contributed by atoms with E-state index in [0.29, 0.717) is 18.7 Å². The molecule has 0 bridgehead atoms. The first-order valence-corrected chi connectivity index (χ1v) is 5.81. The molecule has 1 amide bonds. The molecule has 0 aromatic heterocycles. The lowest BCUT2D eigenvalue weighted by atomic mass is 10.1. The van der Waals surface area contributed by atoms with Crippen LogP contribution in [0, 0.1) is 12.7 Å². The zero-order valence-corrected chi connectivity index (χ0v) is 9.83. The van der Waals surface area contributed by atoms with Crippen LogP contribution in [-0.2, 0) is 16.1 Å². The lowest BCUT2D eigenvalue weighted by Crippen LogP contribution is -2.33. The van der Waals surface area contributed by atoms with Gasteiger partial charge in [0.2, 0.25) is 5.91 Å². The molecule has 1 heterocycles. The maximum Gasteiger partial charge on any atom is 0.249 e. The molecule has 92 valence electrons. The van der Waals surface area contributed by atoms with Crippen LogP contribution in [0.4, 0.5) is 4.39 Å². The highest BCUT2D eigenvalue weighted by atomic mass is 19.1. The number of ether oxygens (including phenoxy) is 1. The van der Waals surface area contributed by atoms with Crippen molar-refractivity contribution in [1.82, 2.24) is 5.32 Å². The van der Waals surface area contributed by atoms with E-state index in [1.165, 1.54) is 6.07 Å². The third kappa shape index (κ3) is 3.03. The van der Waals surface area contributed by atoms with Crippen LogP contribution in [0.5, 0.6) is 0 Å². The van der Waals surface area contributed by atoms with Crippen molar-refractivity contribution < 1.29 is 13.9 Å². The Bertz CT molecular complexity index is 414. The summed E-state index contributed by atoms with van der Waals surface area (Å²) >= 11 is 0. The topological polar surface area (TPSA) is 38.3 Å². The molecule has 0 spiro atoms. The van der Waals surface area contributed by atoms with Crippen molar-refractivity contribution in [2.45, 2.75) is 32.4 Å². The summed E-state index contributed by atoms with van der Waals surface area (Å²) in [5.74, 6) is -0.302. The highest BCUT2D eigenvalue weighted by Crippen LogP contribution is 2.13. The molecule has 1 aliphatic rings. The van der Waals surface area contributed by atoms with E-state index in [-0.39, 0.29) is 17.8 Å². The van der Waals surface area contributed by atoms with Crippen LogP contribution in [-0.4, -0.2) is 18.6 Å². The van der Waals surface area contributed by atoms with Crippen molar-refractivity contribution in [3.05, 3.63) is 35.1 Å². The molecular formula is C13H16FNO2. The molecule has 1 fully saturated rings. The Hall–Kier alpha value is -1.42. The molecule has 3 nitrogen and oxygen atoms in total. The Kier molecular flexibility index (Phi) is 3.74. The molecule has 4 heteroatoms. The van der Waals surface area contributed by atoms with Crippen LogP contribution in [0.25, 0.3) is 0 Å². The number of halogens is 1. The lowest BCUT2D eigenvalue weighted by Gasteiger charge is -2.10. The van der Waals surface area contributed by atoms with Crippen molar-refractivity contribution >= 4 is 5.91 Å². The molecule has 1 N–H and O–H groups in total. The van der Waals surface area contributed by atoms with Crippen molar-refractivity contribution in [3.63, 3.8) is 0 Å². The number of amides is 1. The van der Waals surface area contributed by atoms with Gasteiger partial charge in [0.25, 0.3) is 0 Å². The molecule has 0 aliphatic carbocycles. The SMILES string of the molecule is Cc1cc(CNC(=O)C2CCCO2)ccc1F. The summed E-state index contributed by atoms with van der Waals surface area (Å²) in [7, 11) is 0. The Morgan fingerprint density at radius 3 is 3.06 bits per heavy atom. The standard InChI is InChI=1S/C13H16FNO2/c1-9-7-10(4-5-11(9)14)8-15-13(16)12-3-2-6-17-12/h4-5,7,12H,2-3,6,8H2,1H3,(H,15,16). The number of rotatable bonds is 3. The quantitative estimate of drug-likeness (QED) is 0.872. The van der Waals surface area contributed by atoms with Gasteiger partial charge in [-0.3, -0.25) is 4.79 Å². The minimum absolute atomic E-state index is 0.0792. The number of benzene rings is 1. The minimum atomic E-state index is -0.309. The van der Waals surface area contributed by atoms with Gasteiger partial charge < -0.3 is 10.1 Å². The first kappa shape index (κ1) is 12.0. The number of nitrogens with one attached hydrogen (secondary N) is 1. The number of aryl methyl sites for hydroxylation is 1. The average Bonchev–Trinajstić information content (AvgIpc) is 2.84. The molecule has 0 saturated carbocycles. The molecule has 1 atom stereocenters. The molecule has 1 aromatic rings. The largest absolute Gasteiger partial charge is 0.368 e.